The maximum Gasteiger partial charge on any atom is 0.306 e. The van der Waals surface area contributed by atoms with Crippen LogP contribution in [0, 0.1) is 11.7 Å². The van der Waals surface area contributed by atoms with E-state index in [-0.39, 0.29) is 49.1 Å². The van der Waals surface area contributed by atoms with Gasteiger partial charge in [0, 0.05) is 34.6 Å². The SMILES string of the molecule is Cl.O=C(O)C1CCN(S(=O)(=O)c2ccc(-c3cc(-c4ccccc4F)c4cc(Cl)ccc4n3)cc2)CC1. The molecule has 2 heterocycles. The van der Waals surface area contributed by atoms with Crippen molar-refractivity contribution in [3.05, 3.63) is 83.6 Å². The fraction of sp³-hybridized carbons (Fsp3) is 0.185. The highest BCUT2D eigenvalue weighted by Crippen LogP contribution is 2.35. The third kappa shape index (κ3) is 5.33. The predicted molar refractivity (Wildman–Crippen MR) is 144 cm³/mol. The number of halogens is 3. The highest BCUT2D eigenvalue weighted by molar-refractivity contribution is 7.89. The summed E-state index contributed by atoms with van der Waals surface area (Å²) < 4.78 is 42.2. The number of rotatable bonds is 5. The number of piperidine rings is 1. The Morgan fingerprint density at radius 1 is 0.973 bits per heavy atom. The first-order valence-electron chi connectivity index (χ1n) is 11.4. The summed E-state index contributed by atoms with van der Waals surface area (Å²) in [6.45, 7) is 0.337. The fourth-order valence-electron chi connectivity index (χ4n) is 4.54. The molecule has 192 valence electrons. The summed E-state index contributed by atoms with van der Waals surface area (Å²) in [7, 11) is -3.75. The lowest BCUT2D eigenvalue weighted by molar-refractivity contribution is -0.142. The number of sulfonamides is 1. The van der Waals surface area contributed by atoms with Crippen LogP contribution in [0.5, 0.6) is 0 Å². The van der Waals surface area contributed by atoms with E-state index >= 15 is 0 Å². The van der Waals surface area contributed by atoms with Gasteiger partial charge in [0.05, 0.1) is 22.0 Å². The summed E-state index contributed by atoms with van der Waals surface area (Å²) in [5, 5.41) is 10.4. The normalized spacial score (nSPS) is 14.9. The van der Waals surface area contributed by atoms with Crippen molar-refractivity contribution < 1.29 is 22.7 Å². The van der Waals surface area contributed by atoms with Crippen LogP contribution in [-0.2, 0) is 14.8 Å². The molecule has 0 unspecified atom stereocenters. The average molecular weight is 561 g/mol. The van der Waals surface area contributed by atoms with Gasteiger partial charge in [0.15, 0.2) is 0 Å². The summed E-state index contributed by atoms with van der Waals surface area (Å²) in [4.78, 5) is 16.0. The summed E-state index contributed by atoms with van der Waals surface area (Å²) in [6, 6.07) is 19.9. The summed E-state index contributed by atoms with van der Waals surface area (Å²) >= 11 is 6.21. The predicted octanol–water partition coefficient (Wildman–Crippen LogP) is 6.27. The van der Waals surface area contributed by atoms with Crippen LogP contribution in [0.1, 0.15) is 12.8 Å². The molecule has 0 spiro atoms. The quantitative estimate of drug-likeness (QED) is 0.311. The van der Waals surface area contributed by atoms with Gasteiger partial charge in [-0.25, -0.2) is 17.8 Å². The maximum absolute atomic E-state index is 14.7. The Balaban J connectivity index is 0.00000320. The zero-order chi connectivity index (χ0) is 25.4. The molecule has 10 heteroatoms. The van der Waals surface area contributed by atoms with E-state index in [0.717, 1.165) is 0 Å². The molecule has 0 saturated carbocycles. The maximum atomic E-state index is 14.7. The van der Waals surface area contributed by atoms with E-state index in [1.54, 1.807) is 54.6 Å². The highest BCUT2D eigenvalue weighted by atomic mass is 35.5. The third-order valence-electron chi connectivity index (χ3n) is 6.53. The average Bonchev–Trinajstić information content (AvgIpc) is 2.88. The molecule has 1 aliphatic rings. The van der Waals surface area contributed by atoms with E-state index in [2.05, 4.69) is 0 Å². The van der Waals surface area contributed by atoms with Gasteiger partial charge in [-0.2, -0.15) is 4.31 Å². The minimum Gasteiger partial charge on any atom is -0.481 e. The molecule has 1 aromatic heterocycles. The molecule has 1 saturated heterocycles. The van der Waals surface area contributed by atoms with E-state index in [4.69, 9.17) is 21.7 Å². The highest BCUT2D eigenvalue weighted by Gasteiger charge is 2.32. The number of aromatic nitrogens is 1. The van der Waals surface area contributed by atoms with Gasteiger partial charge in [0.2, 0.25) is 10.0 Å². The Bertz CT molecular complexity index is 1570. The molecule has 0 atom stereocenters. The number of hydrogen-bond donors (Lipinski definition) is 1. The smallest absolute Gasteiger partial charge is 0.306 e. The number of fused-ring (bicyclic) bond motifs is 1. The molecule has 0 bridgehead atoms. The summed E-state index contributed by atoms with van der Waals surface area (Å²) in [5.74, 6) is -1.78. The third-order valence-corrected chi connectivity index (χ3v) is 8.67. The number of hydrogen-bond acceptors (Lipinski definition) is 4. The zero-order valence-electron chi connectivity index (χ0n) is 19.5. The number of benzene rings is 3. The van der Waals surface area contributed by atoms with E-state index in [0.29, 0.717) is 38.3 Å². The second kappa shape index (κ2) is 10.8. The lowest BCUT2D eigenvalue weighted by atomic mass is 9.98. The minimum absolute atomic E-state index is 0. The van der Waals surface area contributed by atoms with Gasteiger partial charge in [-0.1, -0.05) is 41.9 Å². The van der Waals surface area contributed by atoms with Gasteiger partial charge in [0.1, 0.15) is 5.82 Å². The molecule has 6 nitrogen and oxygen atoms in total. The molecule has 37 heavy (non-hydrogen) atoms. The lowest BCUT2D eigenvalue weighted by Crippen LogP contribution is -2.40. The van der Waals surface area contributed by atoms with Crippen molar-refractivity contribution in [2.75, 3.05) is 13.1 Å². The van der Waals surface area contributed by atoms with Crippen LogP contribution in [0.3, 0.4) is 0 Å². The van der Waals surface area contributed by atoms with Crippen molar-refractivity contribution in [3.8, 4) is 22.4 Å². The molecule has 0 radical (unpaired) electrons. The Kier molecular flexibility index (Phi) is 7.85. The van der Waals surface area contributed by atoms with Gasteiger partial charge in [-0.15, -0.1) is 12.4 Å². The topological polar surface area (TPSA) is 87.6 Å². The van der Waals surface area contributed by atoms with Gasteiger partial charge < -0.3 is 5.11 Å². The number of aliphatic carboxylic acids is 1. The first-order chi connectivity index (χ1) is 17.2. The molecular formula is C27H23Cl2FN2O4S. The van der Waals surface area contributed by atoms with Crippen molar-refractivity contribution in [2.45, 2.75) is 17.7 Å². The van der Waals surface area contributed by atoms with Gasteiger partial charge >= 0.3 is 5.97 Å². The molecule has 0 amide bonds. The Morgan fingerprint density at radius 2 is 1.65 bits per heavy atom. The number of nitrogens with zero attached hydrogens (tertiary/aromatic N) is 2. The number of carboxylic acids is 1. The number of carboxylic acid groups (broad SMARTS) is 1. The molecular weight excluding hydrogens is 538 g/mol. The first kappa shape index (κ1) is 27.0. The molecule has 1 fully saturated rings. The van der Waals surface area contributed by atoms with Crippen LogP contribution < -0.4 is 0 Å². The first-order valence-corrected chi connectivity index (χ1v) is 13.2. The molecule has 3 aromatic carbocycles. The van der Waals surface area contributed by atoms with Crippen LogP contribution >= 0.6 is 24.0 Å². The van der Waals surface area contributed by atoms with Crippen LogP contribution in [0.2, 0.25) is 5.02 Å². The number of carbonyl (C=O) groups is 1. The molecule has 5 rings (SSSR count). The van der Waals surface area contributed by atoms with Crippen LogP contribution in [0.25, 0.3) is 33.3 Å². The van der Waals surface area contributed by atoms with Crippen molar-refractivity contribution in [1.29, 1.82) is 0 Å². The van der Waals surface area contributed by atoms with Gasteiger partial charge in [0.25, 0.3) is 0 Å². The molecule has 1 N–H and O–H groups in total. The van der Waals surface area contributed by atoms with Crippen LogP contribution in [0.4, 0.5) is 4.39 Å². The number of pyridine rings is 1. The Hall–Kier alpha value is -3.04. The molecule has 1 aliphatic heterocycles. The van der Waals surface area contributed by atoms with Crippen LogP contribution in [-0.4, -0.2) is 41.9 Å². The molecule has 0 aliphatic carbocycles. The molecule has 4 aromatic rings. The Morgan fingerprint density at radius 3 is 2.30 bits per heavy atom. The minimum atomic E-state index is -3.75. The van der Waals surface area contributed by atoms with Crippen molar-refractivity contribution >= 4 is 50.9 Å². The Labute approximate surface area is 225 Å². The standard InChI is InChI=1S/C27H22ClFN2O4S.ClH/c28-19-7-10-25-23(15-19)22(21-3-1-2-4-24(21)29)16-26(30-25)17-5-8-20(9-6-17)36(34,35)31-13-11-18(12-14-31)27(32)33;/h1-10,15-16,18H,11-14H2,(H,32,33);1H. The fourth-order valence-corrected chi connectivity index (χ4v) is 6.18. The zero-order valence-corrected chi connectivity index (χ0v) is 21.9. The van der Waals surface area contributed by atoms with E-state index < -0.39 is 21.9 Å². The second-order valence-corrected chi connectivity index (χ2v) is 11.1. The second-order valence-electron chi connectivity index (χ2n) is 8.74. The summed E-state index contributed by atoms with van der Waals surface area (Å²) in [5.41, 5.74) is 2.92. The van der Waals surface area contributed by atoms with Crippen molar-refractivity contribution in [1.82, 2.24) is 9.29 Å². The monoisotopic (exact) mass is 560 g/mol. The van der Waals surface area contributed by atoms with Crippen molar-refractivity contribution in [3.63, 3.8) is 0 Å². The lowest BCUT2D eigenvalue weighted by Gasteiger charge is -2.29. The summed E-state index contributed by atoms with van der Waals surface area (Å²) in [6.07, 6.45) is 0.576. The van der Waals surface area contributed by atoms with Gasteiger partial charge in [-0.05, 0) is 60.9 Å². The van der Waals surface area contributed by atoms with Crippen molar-refractivity contribution in [2.24, 2.45) is 5.92 Å². The van der Waals surface area contributed by atoms with E-state index in [1.165, 1.54) is 22.5 Å². The van der Waals surface area contributed by atoms with E-state index in [1.807, 2.05) is 0 Å². The van der Waals surface area contributed by atoms with E-state index in [9.17, 15) is 17.6 Å². The van der Waals surface area contributed by atoms with Gasteiger partial charge in [-0.3, -0.25) is 4.79 Å². The van der Waals surface area contributed by atoms with Crippen LogP contribution in [0.15, 0.2) is 77.7 Å². The largest absolute Gasteiger partial charge is 0.481 e.